The zero-order chi connectivity index (χ0) is 20.4. The van der Waals surface area contributed by atoms with Gasteiger partial charge in [-0.2, -0.15) is 0 Å². The zero-order valence-corrected chi connectivity index (χ0v) is 15.0. The van der Waals surface area contributed by atoms with Crippen molar-refractivity contribution in [3.05, 3.63) is 24.0 Å². The van der Waals surface area contributed by atoms with Crippen LogP contribution in [0.15, 0.2) is 22.8 Å². The number of aliphatic hydroxyl groups excluding tert-OH is 4. The van der Waals surface area contributed by atoms with E-state index in [4.69, 9.17) is 23.7 Å². The van der Waals surface area contributed by atoms with Crippen LogP contribution in [0.1, 0.15) is 12.0 Å². The first-order chi connectivity index (χ1) is 13.4. The van der Waals surface area contributed by atoms with E-state index in [9.17, 15) is 25.2 Å². The predicted molar refractivity (Wildman–Crippen MR) is 93.1 cm³/mol. The highest BCUT2D eigenvalue weighted by Crippen LogP contribution is 2.39. The average molecular weight is 398 g/mol. The lowest BCUT2D eigenvalue weighted by Gasteiger charge is -2.39. The molecule has 2 heterocycles. The molecule has 1 aliphatic rings. The predicted octanol–water partition coefficient (Wildman–Crippen LogP) is -0.363. The SMILES string of the molecule is COc1c(CCC(=O)O)c(OC2OC(CO)C(O)C(O)C2O)cc2ccoc12. The minimum absolute atomic E-state index is 0.0436. The van der Waals surface area contributed by atoms with Crippen molar-refractivity contribution in [3.63, 3.8) is 0 Å². The third-order valence-electron chi connectivity index (χ3n) is 4.64. The van der Waals surface area contributed by atoms with Crippen LogP contribution >= 0.6 is 0 Å². The largest absolute Gasteiger partial charge is 0.492 e. The van der Waals surface area contributed by atoms with Gasteiger partial charge in [0, 0.05) is 17.4 Å². The monoisotopic (exact) mass is 398 g/mol. The van der Waals surface area contributed by atoms with Gasteiger partial charge in [-0.3, -0.25) is 4.79 Å². The standard InChI is InChI=1S/C18H22O10/c1-25-17-9(2-3-12(20)21)10(6-8-4-5-26-16(8)17)27-18-15(24)14(23)13(22)11(7-19)28-18/h4-6,11,13-15,18-19,22-24H,2-3,7H2,1H3,(H,20,21). The number of carbonyl (C=O) groups is 1. The van der Waals surface area contributed by atoms with Crippen molar-refractivity contribution in [1.29, 1.82) is 0 Å². The van der Waals surface area contributed by atoms with Gasteiger partial charge < -0.3 is 44.2 Å². The topological polar surface area (TPSA) is 159 Å². The Bertz CT molecular complexity index is 829. The van der Waals surface area contributed by atoms with E-state index in [-0.39, 0.29) is 24.3 Å². The van der Waals surface area contributed by atoms with Gasteiger partial charge in [-0.1, -0.05) is 0 Å². The number of carboxylic acids is 1. The van der Waals surface area contributed by atoms with E-state index in [0.717, 1.165) is 0 Å². The summed E-state index contributed by atoms with van der Waals surface area (Å²) in [6.07, 6.45) is -5.99. The minimum atomic E-state index is -1.60. The third-order valence-corrected chi connectivity index (χ3v) is 4.64. The van der Waals surface area contributed by atoms with Crippen LogP contribution in [0.25, 0.3) is 11.0 Å². The summed E-state index contributed by atoms with van der Waals surface area (Å²) in [4.78, 5) is 11.0. The first-order valence-corrected chi connectivity index (χ1v) is 8.63. The van der Waals surface area contributed by atoms with E-state index in [1.165, 1.54) is 13.4 Å². The third kappa shape index (κ3) is 3.77. The summed E-state index contributed by atoms with van der Waals surface area (Å²) in [6, 6.07) is 3.22. The van der Waals surface area contributed by atoms with Crippen LogP contribution in [0.3, 0.4) is 0 Å². The molecule has 1 aliphatic heterocycles. The fraction of sp³-hybridized carbons (Fsp3) is 0.500. The Morgan fingerprint density at radius 2 is 1.96 bits per heavy atom. The fourth-order valence-corrected chi connectivity index (χ4v) is 3.17. The first kappa shape index (κ1) is 20.4. The van der Waals surface area contributed by atoms with Crippen molar-refractivity contribution < 1.29 is 49.0 Å². The second-order valence-corrected chi connectivity index (χ2v) is 6.43. The quantitative estimate of drug-likeness (QED) is 0.417. The van der Waals surface area contributed by atoms with Gasteiger partial charge in [0.2, 0.25) is 6.29 Å². The number of carboxylic acid groups (broad SMARTS) is 1. The first-order valence-electron chi connectivity index (χ1n) is 8.63. The molecule has 10 nitrogen and oxygen atoms in total. The number of ether oxygens (including phenoxy) is 3. The van der Waals surface area contributed by atoms with Gasteiger partial charge in [-0.05, 0) is 18.6 Å². The van der Waals surface area contributed by atoms with Gasteiger partial charge in [0.1, 0.15) is 30.2 Å². The number of methoxy groups -OCH3 is 1. The lowest BCUT2D eigenvalue weighted by Crippen LogP contribution is -2.60. The summed E-state index contributed by atoms with van der Waals surface area (Å²) in [5.41, 5.74) is 0.786. The van der Waals surface area contributed by atoms with Gasteiger partial charge in [0.25, 0.3) is 0 Å². The van der Waals surface area contributed by atoms with Crippen LogP contribution in [0.2, 0.25) is 0 Å². The molecule has 0 radical (unpaired) electrons. The number of hydrogen-bond acceptors (Lipinski definition) is 9. The van der Waals surface area contributed by atoms with Gasteiger partial charge in [0.05, 0.1) is 20.0 Å². The molecule has 3 rings (SSSR count). The van der Waals surface area contributed by atoms with Crippen LogP contribution in [-0.4, -0.2) is 75.9 Å². The van der Waals surface area contributed by atoms with E-state index in [2.05, 4.69) is 0 Å². The van der Waals surface area contributed by atoms with Gasteiger partial charge in [0.15, 0.2) is 11.3 Å². The Morgan fingerprint density at radius 3 is 2.61 bits per heavy atom. The van der Waals surface area contributed by atoms with Crippen molar-refractivity contribution in [2.45, 2.75) is 43.5 Å². The number of benzene rings is 1. The van der Waals surface area contributed by atoms with Crippen LogP contribution in [0.4, 0.5) is 0 Å². The molecule has 0 aliphatic carbocycles. The molecule has 0 saturated carbocycles. The molecule has 5 atom stereocenters. The van der Waals surface area contributed by atoms with E-state index < -0.39 is 43.3 Å². The lowest BCUT2D eigenvalue weighted by molar-refractivity contribution is -0.277. The molecule has 10 heteroatoms. The molecule has 1 aromatic heterocycles. The molecule has 5 N–H and O–H groups in total. The molecular weight excluding hydrogens is 376 g/mol. The Morgan fingerprint density at radius 1 is 1.21 bits per heavy atom. The van der Waals surface area contributed by atoms with E-state index in [1.807, 2.05) is 0 Å². The maximum Gasteiger partial charge on any atom is 0.303 e. The summed E-state index contributed by atoms with van der Waals surface area (Å²) in [5.74, 6) is -0.583. The maximum absolute atomic E-state index is 11.0. The van der Waals surface area contributed by atoms with Gasteiger partial charge in [-0.15, -0.1) is 0 Å². The van der Waals surface area contributed by atoms with Crippen molar-refractivity contribution >= 4 is 16.9 Å². The number of aliphatic hydroxyl groups is 4. The number of aliphatic carboxylic acids is 1. The Hall–Kier alpha value is -2.37. The van der Waals surface area contributed by atoms with Crippen LogP contribution in [0.5, 0.6) is 11.5 Å². The van der Waals surface area contributed by atoms with Crippen LogP contribution in [0, 0.1) is 0 Å². The van der Waals surface area contributed by atoms with Crippen LogP contribution in [-0.2, 0) is 16.0 Å². The van der Waals surface area contributed by atoms with Gasteiger partial charge in [-0.25, -0.2) is 0 Å². The second kappa shape index (κ2) is 8.33. The Labute approximate surface area is 159 Å². The van der Waals surface area contributed by atoms with E-state index >= 15 is 0 Å². The van der Waals surface area contributed by atoms with E-state index in [0.29, 0.717) is 16.5 Å². The molecule has 5 unspecified atom stereocenters. The average Bonchev–Trinajstić information content (AvgIpc) is 3.14. The fourth-order valence-electron chi connectivity index (χ4n) is 3.17. The molecule has 2 aromatic rings. The summed E-state index contributed by atoms with van der Waals surface area (Å²) in [5, 5.41) is 49.0. The Balaban J connectivity index is 1.98. The smallest absolute Gasteiger partial charge is 0.303 e. The summed E-state index contributed by atoms with van der Waals surface area (Å²) in [7, 11) is 1.40. The van der Waals surface area contributed by atoms with Crippen molar-refractivity contribution in [3.8, 4) is 11.5 Å². The summed E-state index contributed by atoms with van der Waals surface area (Å²) in [6.45, 7) is -0.596. The summed E-state index contributed by atoms with van der Waals surface area (Å²) >= 11 is 0. The number of furan rings is 1. The molecule has 1 fully saturated rings. The highest BCUT2D eigenvalue weighted by molar-refractivity contribution is 5.87. The molecule has 0 bridgehead atoms. The van der Waals surface area contributed by atoms with Crippen molar-refractivity contribution in [2.24, 2.45) is 0 Å². The molecule has 0 spiro atoms. The molecule has 28 heavy (non-hydrogen) atoms. The van der Waals surface area contributed by atoms with Crippen LogP contribution < -0.4 is 9.47 Å². The minimum Gasteiger partial charge on any atom is -0.492 e. The van der Waals surface area contributed by atoms with Gasteiger partial charge >= 0.3 is 5.97 Å². The molecule has 1 aromatic carbocycles. The normalized spacial score (nSPS) is 27.7. The highest BCUT2D eigenvalue weighted by atomic mass is 16.7. The highest BCUT2D eigenvalue weighted by Gasteiger charge is 2.45. The molecule has 154 valence electrons. The van der Waals surface area contributed by atoms with Crippen molar-refractivity contribution in [1.82, 2.24) is 0 Å². The lowest BCUT2D eigenvalue weighted by atomic mass is 9.99. The van der Waals surface area contributed by atoms with E-state index in [1.54, 1.807) is 12.1 Å². The second-order valence-electron chi connectivity index (χ2n) is 6.43. The molecule has 1 saturated heterocycles. The van der Waals surface area contributed by atoms with Crippen molar-refractivity contribution in [2.75, 3.05) is 13.7 Å². The molecular formula is C18H22O10. The number of hydrogen-bond donors (Lipinski definition) is 5. The number of fused-ring (bicyclic) bond motifs is 1. The maximum atomic E-state index is 11.0. The Kier molecular flexibility index (Phi) is 6.06. The zero-order valence-electron chi connectivity index (χ0n) is 15.0. The molecule has 0 amide bonds. The number of rotatable bonds is 7. The summed E-state index contributed by atoms with van der Waals surface area (Å²) < 4.78 is 21.9.